The van der Waals surface area contributed by atoms with Crippen LogP contribution >= 0.6 is 0 Å². The van der Waals surface area contributed by atoms with Crippen LogP contribution < -0.4 is 15.8 Å². The molecule has 0 aromatic heterocycles. The molecule has 1 aromatic carbocycles. The Bertz CT molecular complexity index is 472. The second kappa shape index (κ2) is 7.68. The van der Waals surface area contributed by atoms with E-state index in [9.17, 15) is 13.2 Å². The Labute approximate surface area is 120 Å². The number of ether oxygens (including phenoxy) is 1. The molecule has 0 aliphatic carbocycles. The summed E-state index contributed by atoms with van der Waals surface area (Å²) in [6.07, 6.45) is -0.180. The fraction of sp³-hybridized carbons (Fsp3) is 0.357. The minimum absolute atomic E-state index is 0.0158. The number of allylic oxidation sites excluding steroid dienone is 1. The van der Waals surface area contributed by atoms with Gasteiger partial charge in [-0.3, -0.25) is 4.79 Å². The first-order chi connectivity index (χ1) is 9.92. The van der Waals surface area contributed by atoms with Crippen molar-refractivity contribution < 1.29 is 22.7 Å². The summed E-state index contributed by atoms with van der Waals surface area (Å²) in [5, 5.41) is 3.16. The maximum absolute atomic E-state index is 12.4. The van der Waals surface area contributed by atoms with Gasteiger partial charge in [0.1, 0.15) is 11.9 Å². The van der Waals surface area contributed by atoms with Crippen molar-refractivity contribution in [2.75, 3.05) is 6.54 Å². The Morgan fingerprint density at radius 3 is 2.29 bits per heavy atom. The highest BCUT2D eigenvalue weighted by Gasteiger charge is 2.31. The van der Waals surface area contributed by atoms with Crippen LogP contribution in [0.1, 0.15) is 12.5 Å². The van der Waals surface area contributed by atoms with Crippen molar-refractivity contribution in [3.05, 3.63) is 42.0 Å². The van der Waals surface area contributed by atoms with Gasteiger partial charge >= 0.3 is 6.18 Å². The van der Waals surface area contributed by atoms with Gasteiger partial charge in [0.15, 0.2) is 0 Å². The van der Waals surface area contributed by atoms with Crippen molar-refractivity contribution >= 4 is 6.41 Å². The Kier molecular flexibility index (Phi) is 6.23. The summed E-state index contributed by atoms with van der Waals surface area (Å²) in [6, 6.07) is 4.91. The van der Waals surface area contributed by atoms with Gasteiger partial charge in [0, 0.05) is 6.54 Å². The molecule has 4 nitrogen and oxygen atoms in total. The number of benzene rings is 1. The molecule has 1 aromatic rings. The quantitative estimate of drug-likeness (QED) is 0.664. The SMILES string of the molecule is CC=CC1NCC1Oc1ccc(C(F)(F)F)cc1.NC=O. The Morgan fingerprint density at radius 2 is 1.90 bits per heavy atom. The van der Waals surface area contributed by atoms with Crippen molar-refractivity contribution in [2.45, 2.75) is 25.2 Å². The molecule has 2 atom stereocenters. The molecule has 0 radical (unpaired) electrons. The summed E-state index contributed by atoms with van der Waals surface area (Å²) >= 11 is 0. The first-order valence-corrected chi connectivity index (χ1v) is 6.28. The van der Waals surface area contributed by atoms with Gasteiger partial charge in [0.25, 0.3) is 0 Å². The van der Waals surface area contributed by atoms with Gasteiger partial charge in [-0.1, -0.05) is 12.2 Å². The first-order valence-electron chi connectivity index (χ1n) is 6.28. The number of hydrogen-bond acceptors (Lipinski definition) is 3. The van der Waals surface area contributed by atoms with Gasteiger partial charge in [-0.25, -0.2) is 0 Å². The highest BCUT2D eigenvalue weighted by atomic mass is 19.4. The number of nitrogens with two attached hydrogens (primary N) is 1. The van der Waals surface area contributed by atoms with E-state index in [1.165, 1.54) is 12.1 Å². The third kappa shape index (κ3) is 5.11. The van der Waals surface area contributed by atoms with E-state index in [0.29, 0.717) is 12.3 Å². The van der Waals surface area contributed by atoms with Gasteiger partial charge in [0.05, 0.1) is 11.6 Å². The standard InChI is InChI=1S/C13H14F3NO.CH3NO/c1-2-3-11-12(8-17-11)18-10-6-4-9(5-7-10)13(14,15)16;2-1-3/h2-7,11-12,17H,8H2,1H3;1H,(H2,2,3). The van der Waals surface area contributed by atoms with Crippen LogP contribution in [-0.4, -0.2) is 25.1 Å². The van der Waals surface area contributed by atoms with E-state index in [4.69, 9.17) is 9.53 Å². The average molecular weight is 302 g/mol. The molecule has 1 aliphatic rings. The predicted octanol–water partition coefficient (Wildman–Crippen LogP) is 2.10. The number of primary amides is 1. The van der Waals surface area contributed by atoms with E-state index in [0.717, 1.165) is 12.1 Å². The second-order valence-electron chi connectivity index (χ2n) is 4.27. The lowest BCUT2D eigenvalue weighted by Gasteiger charge is -2.36. The molecule has 0 saturated carbocycles. The maximum Gasteiger partial charge on any atom is 0.416 e. The van der Waals surface area contributed by atoms with Crippen LogP contribution in [0.25, 0.3) is 0 Å². The molecule has 2 rings (SSSR count). The largest absolute Gasteiger partial charge is 0.487 e. The zero-order chi connectivity index (χ0) is 15.9. The number of nitrogens with one attached hydrogen (secondary N) is 1. The number of amides is 1. The fourth-order valence-corrected chi connectivity index (χ4v) is 1.76. The second-order valence-corrected chi connectivity index (χ2v) is 4.27. The smallest absolute Gasteiger partial charge is 0.416 e. The molecule has 2 unspecified atom stereocenters. The molecule has 21 heavy (non-hydrogen) atoms. The van der Waals surface area contributed by atoms with E-state index >= 15 is 0 Å². The Hall–Kier alpha value is -2.02. The number of hydrogen-bond donors (Lipinski definition) is 2. The fourth-order valence-electron chi connectivity index (χ4n) is 1.76. The van der Waals surface area contributed by atoms with E-state index in [1.54, 1.807) is 0 Å². The van der Waals surface area contributed by atoms with E-state index in [2.05, 4.69) is 11.1 Å². The number of alkyl halides is 3. The summed E-state index contributed by atoms with van der Waals surface area (Å²) in [5.74, 6) is 0.462. The van der Waals surface area contributed by atoms with E-state index in [1.807, 2.05) is 19.1 Å². The molecule has 1 fully saturated rings. The van der Waals surface area contributed by atoms with Gasteiger partial charge in [-0.15, -0.1) is 0 Å². The molecule has 1 aliphatic heterocycles. The van der Waals surface area contributed by atoms with Gasteiger partial charge < -0.3 is 15.8 Å². The summed E-state index contributed by atoms with van der Waals surface area (Å²) in [4.78, 5) is 8.58. The lowest BCUT2D eigenvalue weighted by atomic mass is 10.0. The topological polar surface area (TPSA) is 64.3 Å². The predicted molar refractivity (Wildman–Crippen MR) is 72.7 cm³/mol. The summed E-state index contributed by atoms with van der Waals surface area (Å²) < 4.78 is 42.7. The first kappa shape index (κ1) is 17.0. The highest BCUT2D eigenvalue weighted by molar-refractivity contribution is 5.42. The molecule has 1 amide bonds. The number of halogens is 3. The van der Waals surface area contributed by atoms with Crippen LogP contribution in [0.2, 0.25) is 0 Å². The molecule has 0 spiro atoms. The number of carbonyl (C=O) groups excluding carboxylic acids is 1. The van der Waals surface area contributed by atoms with Crippen LogP contribution in [-0.2, 0) is 11.0 Å². The van der Waals surface area contributed by atoms with Crippen LogP contribution in [0.5, 0.6) is 5.75 Å². The minimum Gasteiger partial charge on any atom is -0.487 e. The van der Waals surface area contributed by atoms with E-state index in [-0.39, 0.29) is 18.6 Å². The van der Waals surface area contributed by atoms with Gasteiger partial charge in [-0.05, 0) is 31.2 Å². The van der Waals surface area contributed by atoms with Crippen molar-refractivity contribution in [1.82, 2.24) is 5.32 Å². The zero-order valence-electron chi connectivity index (χ0n) is 11.4. The van der Waals surface area contributed by atoms with Crippen LogP contribution in [0.3, 0.4) is 0 Å². The van der Waals surface area contributed by atoms with Crippen molar-refractivity contribution in [1.29, 1.82) is 0 Å². The Morgan fingerprint density at radius 1 is 1.33 bits per heavy atom. The zero-order valence-corrected chi connectivity index (χ0v) is 11.4. The maximum atomic E-state index is 12.4. The van der Waals surface area contributed by atoms with Crippen LogP contribution in [0.4, 0.5) is 13.2 Å². The molecular weight excluding hydrogens is 285 g/mol. The van der Waals surface area contributed by atoms with Crippen LogP contribution in [0.15, 0.2) is 36.4 Å². The molecule has 1 heterocycles. The third-order valence-corrected chi connectivity index (χ3v) is 2.82. The molecule has 1 saturated heterocycles. The summed E-state index contributed by atoms with van der Waals surface area (Å²) in [5.41, 5.74) is 3.51. The molecule has 7 heteroatoms. The van der Waals surface area contributed by atoms with Crippen molar-refractivity contribution in [3.63, 3.8) is 0 Å². The summed E-state index contributed by atoms with van der Waals surface area (Å²) in [7, 11) is 0. The Balaban J connectivity index is 0.000000677. The normalized spacial score (nSPS) is 21.1. The minimum atomic E-state index is -4.30. The number of carbonyl (C=O) groups is 1. The lowest BCUT2D eigenvalue weighted by molar-refractivity contribution is -0.137. The van der Waals surface area contributed by atoms with Gasteiger partial charge in [0.2, 0.25) is 6.41 Å². The van der Waals surface area contributed by atoms with Crippen molar-refractivity contribution in [3.8, 4) is 5.75 Å². The molecular formula is C14H17F3N2O2. The number of rotatable bonds is 3. The average Bonchev–Trinajstić information content (AvgIpc) is 2.41. The van der Waals surface area contributed by atoms with Gasteiger partial charge in [-0.2, -0.15) is 13.2 Å². The third-order valence-electron chi connectivity index (χ3n) is 2.82. The highest BCUT2D eigenvalue weighted by Crippen LogP contribution is 2.30. The molecule has 0 bridgehead atoms. The van der Waals surface area contributed by atoms with Crippen LogP contribution in [0, 0.1) is 0 Å². The van der Waals surface area contributed by atoms with Crippen molar-refractivity contribution in [2.24, 2.45) is 5.73 Å². The molecule has 3 N–H and O–H groups in total. The van der Waals surface area contributed by atoms with E-state index < -0.39 is 11.7 Å². The molecule has 116 valence electrons. The summed E-state index contributed by atoms with van der Waals surface area (Å²) in [6.45, 7) is 2.62. The lowest BCUT2D eigenvalue weighted by Crippen LogP contribution is -2.58. The monoisotopic (exact) mass is 302 g/mol.